The van der Waals surface area contributed by atoms with Crippen molar-refractivity contribution in [3.05, 3.63) is 58.6 Å². The van der Waals surface area contributed by atoms with Crippen LogP contribution in [0.1, 0.15) is 51.0 Å². The Bertz CT molecular complexity index is 1700. The molecule has 6 rings (SSSR count). The molecular formula is C28H30Cl2N6O5S. The molecule has 14 heteroatoms. The van der Waals surface area contributed by atoms with Gasteiger partial charge in [-0.05, 0) is 44.4 Å². The predicted octanol–water partition coefficient (Wildman–Crippen LogP) is 5.75. The standard InChI is InChI=1S/C28H30Cl2N6O5S/c1-17(25-21(29)12-31-13-22(25)30)41-19-6-7-23-20(9-19)26(34-36(23)24-5-3-4-8-40-24)18-10-32-27(33-11-18)35-14-28(2,15-35)16-42(37,38)39/h6-7,9-13,17,24H,3-5,8,14-16H2,1-2H3,(H,37,38,39)/t17-,24?/m1/s1. The molecule has 5 heterocycles. The van der Waals surface area contributed by atoms with Crippen molar-refractivity contribution >= 4 is 50.2 Å². The van der Waals surface area contributed by atoms with Gasteiger partial charge in [-0.25, -0.2) is 14.6 Å². The van der Waals surface area contributed by atoms with Crippen LogP contribution in [0.5, 0.6) is 5.75 Å². The van der Waals surface area contributed by atoms with Gasteiger partial charge >= 0.3 is 0 Å². The lowest BCUT2D eigenvalue weighted by molar-refractivity contribution is -0.0365. The summed E-state index contributed by atoms with van der Waals surface area (Å²) in [5.74, 6) is 0.791. The van der Waals surface area contributed by atoms with Gasteiger partial charge in [0.15, 0.2) is 6.23 Å². The second-order valence-electron chi connectivity index (χ2n) is 11.2. The third kappa shape index (κ3) is 5.91. The van der Waals surface area contributed by atoms with Crippen LogP contribution in [0.25, 0.3) is 22.2 Å². The van der Waals surface area contributed by atoms with Gasteiger partial charge in [-0.15, -0.1) is 0 Å². The number of halogens is 2. The van der Waals surface area contributed by atoms with E-state index >= 15 is 0 Å². The van der Waals surface area contributed by atoms with Gasteiger partial charge in [-0.3, -0.25) is 9.54 Å². The Balaban J connectivity index is 1.31. The molecule has 2 saturated heterocycles. The topological polar surface area (TPSA) is 133 Å². The molecule has 0 spiro atoms. The van der Waals surface area contributed by atoms with Crippen molar-refractivity contribution in [2.75, 3.05) is 30.3 Å². The van der Waals surface area contributed by atoms with Gasteiger partial charge in [0.25, 0.3) is 10.1 Å². The molecule has 3 aromatic heterocycles. The molecule has 0 aliphatic carbocycles. The summed E-state index contributed by atoms with van der Waals surface area (Å²) in [6.45, 7) is 5.22. The van der Waals surface area contributed by atoms with Crippen LogP contribution in [0.4, 0.5) is 5.95 Å². The molecule has 1 aromatic carbocycles. The Kier molecular flexibility index (Phi) is 7.77. The summed E-state index contributed by atoms with van der Waals surface area (Å²) in [6, 6.07) is 5.78. The van der Waals surface area contributed by atoms with Crippen molar-refractivity contribution in [2.45, 2.75) is 45.4 Å². The molecule has 4 aromatic rings. The number of ether oxygens (including phenoxy) is 2. The Morgan fingerprint density at radius 1 is 1.14 bits per heavy atom. The van der Waals surface area contributed by atoms with E-state index in [2.05, 4.69) is 15.0 Å². The number of fused-ring (bicyclic) bond motifs is 1. The number of benzene rings is 1. The van der Waals surface area contributed by atoms with Gasteiger partial charge in [0.05, 0.1) is 21.3 Å². The lowest BCUT2D eigenvalue weighted by Gasteiger charge is -2.47. The zero-order valence-corrected chi connectivity index (χ0v) is 25.4. The molecular weight excluding hydrogens is 603 g/mol. The van der Waals surface area contributed by atoms with Gasteiger partial charge in [0.2, 0.25) is 5.95 Å². The molecule has 2 aliphatic heterocycles. The first-order valence-corrected chi connectivity index (χ1v) is 16.0. The van der Waals surface area contributed by atoms with Crippen LogP contribution in [-0.4, -0.2) is 63.2 Å². The van der Waals surface area contributed by atoms with Gasteiger partial charge in [0.1, 0.15) is 17.5 Å². The average molecular weight is 634 g/mol. The molecule has 0 amide bonds. The molecule has 0 bridgehead atoms. The van der Waals surface area contributed by atoms with Crippen LogP contribution in [0.15, 0.2) is 43.0 Å². The van der Waals surface area contributed by atoms with E-state index in [1.165, 1.54) is 12.4 Å². The lowest BCUT2D eigenvalue weighted by Crippen LogP contribution is -2.58. The minimum Gasteiger partial charge on any atom is -0.486 e. The zero-order valence-electron chi connectivity index (χ0n) is 23.1. The Morgan fingerprint density at radius 3 is 2.50 bits per heavy atom. The summed E-state index contributed by atoms with van der Waals surface area (Å²) in [6.07, 6.45) is 8.81. The minimum atomic E-state index is -4.06. The third-order valence-electron chi connectivity index (χ3n) is 7.59. The molecule has 1 unspecified atom stereocenters. The summed E-state index contributed by atoms with van der Waals surface area (Å²) in [7, 11) is -4.06. The summed E-state index contributed by atoms with van der Waals surface area (Å²) >= 11 is 12.7. The molecule has 222 valence electrons. The van der Waals surface area contributed by atoms with Gasteiger partial charge in [-0.2, -0.15) is 13.5 Å². The van der Waals surface area contributed by atoms with E-state index in [9.17, 15) is 13.0 Å². The smallest absolute Gasteiger partial charge is 0.265 e. The van der Waals surface area contributed by atoms with E-state index in [4.69, 9.17) is 37.8 Å². The van der Waals surface area contributed by atoms with Gasteiger partial charge in [0, 0.05) is 66.4 Å². The van der Waals surface area contributed by atoms with Crippen molar-refractivity contribution in [1.82, 2.24) is 24.7 Å². The fraction of sp³-hybridized carbons (Fsp3) is 0.429. The SMILES string of the molecule is C[C@@H](Oc1ccc2c(c1)c(-c1cnc(N3CC(C)(CS(=O)(=O)O)C3)nc1)nn2C1CCCCO1)c1c(Cl)cncc1Cl. The summed E-state index contributed by atoms with van der Waals surface area (Å²) in [5, 5.41) is 6.66. The van der Waals surface area contributed by atoms with Gasteiger partial charge < -0.3 is 14.4 Å². The molecule has 2 atom stereocenters. The number of nitrogens with zero attached hydrogens (tertiary/aromatic N) is 6. The number of pyridine rings is 1. The Morgan fingerprint density at radius 2 is 1.86 bits per heavy atom. The number of aromatic nitrogens is 5. The number of anilines is 1. The Labute approximate surface area is 253 Å². The maximum atomic E-state index is 11.4. The molecule has 2 aliphatic rings. The predicted molar refractivity (Wildman–Crippen MR) is 160 cm³/mol. The molecule has 11 nitrogen and oxygen atoms in total. The van der Waals surface area contributed by atoms with Crippen LogP contribution in [0.3, 0.4) is 0 Å². The van der Waals surface area contributed by atoms with Gasteiger partial charge in [-0.1, -0.05) is 30.1 Å². The first-order chi connectivity index (χ1) is 20.0. The van der Waals surface area contributed by atoms with Crippen LogP contribution in [-0.2, 0) is 14.9 Å². The zero-order chi connectivity index (χ0) is 29.6. The van der Waals surface area contributed by atoms with Crippen LogP contribution in [0.2, 0.25) is 10.0 Å². The summed E-state index contributed by atoms with van der Waals surface area (Å²) in [4.78, 5) is 15.0. The average Bonchev–Trinajstić information content (AvgIpc) is 3.30. The molecule has 0 radical (unpaired) electrons. The number of rotatable bonds is 8. The van der Waals surface area contributed by atoms with E-state index in [1.807, 2.05) is 41.6 Å². The highest BCUT2D eigenvalue weighted by molar-refractivity contribution is 7.85. The van der Waals surface area contributed by atoms with E-state index in [1.54, 1.807) is 12.4 Å². The Hall–Kier alpha value is -3.03. The second kappa shape index (κ2) is 11.2. The van der Waals surface area contributed by atoms with Crippen molar-refractivity contribution in [3.8, 4) is 17.0 Å². The quantitative estimate of drug-likeness (QED) is 0.239. The van der Waals surface area contributed by atoms with E-state index in [-0.39, 0.29) is 12.0 Å². The largest absolute Gasteiger partial charge is 0.486 e. The van der Waals surface area contributed by atoms with Crippen molar-refractivity contribution in [1.29, 1.82) is 0 Å². The first kappa shape index (κ1) is 29.1. The highest BCUT2D eigenvalue weighted by atomic mass is 35.5. The number of hydrogen-bond acceptors (Lipinski definition) is 9. The van der Waals surface area contributed by atoms with E-state index < -0.39 is 21.6 Å². The normalized spacial score (nSPS) is 19.5. The number of hydrogen-bond donors (Lipinski definition) is 1. The minimum absolute atomic E-state index is 0.183. The highest BCUT2D eigenvalue weighted by Gasteiger charge is 2.43. The van der Waals surface area contributed by atoms with Crippen LogP contribution >= 0.6 is 23.2 Å². The molecule has 1 N–H and O–H groups in total. The van der Waals surface area contributed by atoms with Crippen molar-refractivity contribution in [3.63, 3.8) is 0 Å². The monoisotopic (exact) mass is 632 g/mol. The molecule has 2 fully saturated rings. The maximum Gasteiger partial charge on any atom is 0.265 e. The second-order valence-corrected chi connectivity index (χ2v) is 13.5. The molecule has 0 saturated carbocycles. The summed E-state index contributed by atoms with van der Waals surface area (Å²) < 4.78 is 46.2. The molecule has 42 heavy (non-hydrogen) atoms. The third-order valence-corrected chi connectivity index (χ3v) is 9.25. The van der Waals surface area contributed by atoms with E-state index in [0.717, 1.165) is 30.2 Å². The van der Waals surface area contributed by atoms with E-state index in [0.29, 0.717) is 58.3 Å². The first-order valence-electron chi connectivity index (χ1n) is 13.6. The summed E-state index contributed by atoms with van der Waals surface area (Å²) in [5.41, 5.74) is 2.39. The maximum absolute atomic E-state index is 11.4. The van der Waals surface area contributed by atoms with Crippen molar-refractivity contribution < 1.29 is 22.4 Å². The fourth-order valence-corrected chi connectivity index (χ4v) is 7.51. The van der Waals surface area contributed by atoms with Crippen LogP contribution < -0.4 is 9.64 Å². The lowest BCUT2D eigenvalue weighted by atomic mass is 9.84. The van der Waals surface area contributed by atoms with Crippen LogP contribution in [0, 0.1) is 5.41 Å². The van der Waals surface area contributed by atoms with Crippen molar-refractivity contribution in [2.24, 2.45) is 5.41 Å². The fourth-order valence-electron chi connectivity index (χ4n) is 5.77. The highest BCUT2D eigenvalue weighted by Crippen LogP contribution is 2.38.